The first-order valence-electron chi connectivity index (χ1n) is 4.47. The van der Waals surface area contributed by atoms with Crippen LogP contribution in [0.25, 0.3) is 0 Å². The summed E-state index contributed by atoms with van der Waals surface area (Å²) in [5.74, 6) is 0.760. The van der Waals surface area contributed by atoms with E-state index in [-0.39, 0.29) is 12.1 Å². The Kier molecular flexibility index (Phi) is 2.24. The van der Waals surface area contributed by atoms with E-state index in [0.717, 1.165) is 24.4 Å². The Balaban J connectivity index is 2.20. The van der Waals surface area contributed by atoms with E-state index < -0.39 is 0 Å². The largest absolute Gasteiger partial charge is 0.391 e. The van der Waals surface area contributed by atoms with Gasteiger partial charge in [0.25, 0.3) is 0 Å². The molecule has 0 aliphatic carbocycles. The van der Waals surface area contributed by atoms with Crippen molar-refractivity contribution in [1.82, 2.24) is 15.3 Å². The van der Waals surface area contributed by atoms with Gasteiger partial charge in [-0.25, -0.2) is 9.97 Å². The molecule has 0 radical (unpaired) electrons. The molecule has 4 nitrogen and oxygen atoms in total. The smallest absolute Gasteiger partial charge is 0.125 e. The van der Waals surface area contributed by atoms with Crippen molar-refractivity contribution in [3.8, 4) is 0 Å². The summed E-state index contributed by atoms with van der Waals surface area (Å²) in [5, 5.41) is 12.8. The van der Waals surface area contributed by atoms with Crippen molar-refractivity contribution in [1.29, 1.82) is 0 Å². The highest BCUT2D eigenvalue weighted by molar-refractivity contribution is 5.14. The lowest BCUT2D eigenvalue weighted by molar-refractivity contribution is 0.160. The summed E-state index contributed by atoms with van der Waals surface area (Å²) in [6.45, 7) is 2.71. The molecule has 2 unspecified atom stereocenters. The minimum atomic E-state index is -0.300. The van der Waals surface area contributed by atoms with Crippen LogP contribution in [0.5, 0.6) is 0 Å². The van der Waals surface area contributed by atoms with E-state index in [1.165, 1.54) is 0 Å². The first-order valence-corrected chi connectivity index (χ1v) is 4.47. The number of hydrogen-bond acceptors (Lipinski definition) is 4. The van der Waals surface area contributed by atoms with Crippen LogP contribution in [0.1, 0.15) is 23.9 Å². The molecule has 4 heteroatoms. The monoisotopic (exact) mass is 179 g/mol. The van der Waals surface area contributed by atoms with E-state index in [0.29, 0.717) is 0 Å². The molecule has 0 amide bonds. The maximum Gasteiger partial charge on any atom is 0.125 e. The molecule has 0 spiro atoms. The standard InChI is InChI=1S/C9H13N3O/c1-6-11-4-7(5-12-6)9-8(13)2-3-10-9/h4-5,8-10,13H,2-3H2,1H3. The fourth-order valence-corrected chi connectivity index (χ4v) is 1.59. The Morgan fingerprint density at radius 2 is 2.15 bits per heavy atom. The quantitative estimate of drug-likeness (QED) is 0.645. The molecule has 2 heterocycles. The second-order valence-corrected chi connectivity index (χ2v) is 3.35. The zero-order valence-corrected chi connectivity index (χ0v) is 7.57. The van der Waals surface area contributed by atoms with Gasteiger partial charge in [0, 0.05) is 18.0 Å². The molecule has 1 aromatic heterocycles. The molecule has 1 aliphatic rings. The normalized spacial score (nSPS) is 27.8. The van der Waals surface area contributed by atoms with E-state index in [9.17, 15) is 5.11 Å². The zero-order chi connectivity index (χ0) is 9.26. The maximum absolute atomic E-state index is 9.59. The van der Waals surface area contributed by atoms with Crippen molar-refractivity contribution in [2.75, 3.05) is 6.54 Å². The molecule has 1 fully saturated rings. The van der Waals surface area contributed by atoms with Gasteiger partial charge in [-0.15, -0.1) is 0 Å². The molecule has 1 aliphatic heterocycles. The molecule has 0 aromatic carbocycles. The molecule has 2 rings (SSSR count). The van der Waals surface area contributed by atoms with Gasteiger partial charge in [-0.1, -0.05) is 0 Å². The summed E-state index contributed by atoms with van der Waals surface area (Å²) < 4.78 is 0. The number of aliphatic hydroxyl groups is 1. The maximum atomic E-state index is 9.59. The van der Waals surface area contributed by atoms with E-state index in [1.807, 2.05) is 6.92 Å². The van der Waals surface area contributed by atoms with Crippen LogP contribution in [-0.2, 0) is 0 Å². The van der Waals surface area contributed by atoms with Crippen LogP contribution in [0.2, 0.25) is 0 Å². The minimum absolute atomic E-state index is 0.0144. The fourth-order valence-electron chi connectivity index (χ4n) is 1.59. The zero-order valence-electron chi connectivity index (χ0n) is 7.57. The van der Waals surface area contributed by atoms with Crippen LogP contribution >= 0.6 is 0 Å². The molecule has 2 atom stereocenters. The first kappa shape index (κ1) is 8.59. The number of nitrogens with one attached hydrogen (secondary N) is 1. The average molecular weight is 179 g/mol. The third kappa shape index (κ3) is 1.68. The number of hydrogen-bond donors (Lipinski definition) is 2. The van der Waals surface area contributed by atoms with Crippen LogP contribution in [0.3, 0.4) is 0 Å². The first-order chi connectivity index (χ1) is 6.27. The van der Waals surface area contributed by atoms with Crippen molar-refractivity contribution >= 4 is 0 Å². The van der Waals surface area contributed by atoms with Gasteiger partial charge in [0.1, 0.15) is 5.82 Å². The molecule has 0 saturated carbocycles. The molecule has 13 heavy (non-hydrogen) atoms. The second kappa shape index (κ2) is 3.40. The van der Waals surface area contributed by atoms with Gasteiger partial charge in [-0.2, -0.15) is 0 Å². The van der Waals surface area contributed by atoms with Crippen LogP contribution < -0.4 is 5.32 Å². The molecular formula is C9H13N3O. The van der Waals surface area contributed by atoms with Gasteiger partial charge in [-0.05, 0) is 19.9 Å². The number of nitrogens with zero attached hydrogens (tertiary/aromatic N) is 2. The van der Waals surface area contributed by atoms with Crippen molar-refractivity contribution in [2.24, 2.45) is 0 Å². The Bertz CT molecular complexity index is 285. The van der Waals surface area contributed by atoms with Crippen molar-refractivity contribution in [3.05, 3.63) is 23.8 Å². The number of aryl methyl sites for hydroxylation is 1. The molecular weight excluding hydrogens is 166 g/mol. The van der Waals surface area contributed by atoms with Gasteiger partial charge >= 0.3 is 0 Å². The van der Waals surface area contributed by atoms with Crippen LogP contribution in [0.15, 0.2) is 12.4 Å². The molecule has 0 bridgehead atoms. The fraction of sp³-hybridized carbons (Fsp3) is 0.556. The molecule has 1 saturated heterocycles. The number of aromatic nitrogens is 2. The van der Waals surface area contributed by atoms with E-state index in [4.69, 9.17) is 0 Å². The SMILES string of the molecule is Cc1ncc(C2NCCC2O)cn1. The highest BCUT2D eigenvalue weighted by atomic mass is 16.3. The summed E-state index contributed by atoms with van der Waals surface area (Å²) >= 11 is 0. The van der Waals surface area contributed by atoms with Gasteiger partial charge in [0.15, 0.2) is 0 Å². The van der Waals surface area contributed by atoms with E-state index in [1.54, 1.807) is 12.4 Å². The summed E-state index contributed by atoms with van der Waals surface area (Å²) in [7, 11) is 0. The van der Waals surface area contributed by atoms with Gasteiger partial charge < -0.3 is 10.4 Å². The van der Waals surface area contributed by atoms with Gasteiger partial charge in [0.2, 0.25) is 0 Å². The van der Waals surface area contributed by atoms with Crippen molar-refractivity contribution in [3.63, 3.8) is 0 Å². The number of rotatable bonds is 1. The number of aliphatic hydroxyl groups excluding tert-OH is 1. The minimum Gasteiger partial charge on any atom is -0.391 e. The van der Waals surface area contributed by atoms with Crippen molar-refractivity contribution < 1.29 is 5.11 Å². The lowest BCUT2D eigenvalue weighted by Crippen LogP contribution is -2.21. The third-order valence-electron chi connectivity index (χ3n) is 2.35. The molecule has 1 aromatic rings. The Morgan fingerprint density at radius 1 is 1.46 bits per heavy atom. The summed E-state index contributed by atoms with van der Waals surface area (Å²) in [5.41, 5.74) is 0.968. The lowest BCUT2D eigenvalue weighted by Gasteiger charge is -2.13. The summed E-state index contributed by atoms with van der Waals surface area (Å²) in [6, 6.07) is 0.0144. The third-order valence-corrected chi connectivity index (χ3v) is 2.35. The highest BCUT2D eigenvalue weighted by Crippen LogP contribution is 2.21. The Labute approximate surface area is 77.0 Å². The van der Waals surface area contributed by atoms with Gasteiger partial charge in [-0.3, -0.25) is 0 Å². The van der Waals surface area contributed by atoms with E-state index in [2.05, 4.69) is 15.3 Å². The van der Waals surface area contributed by atoms with Crippen LogP contribution in [0, 0.1) is 6.92 Å². The predicted octanol–water partition coefficient (Wildman–Crippen LogP) is 0.180. The van der Waals surface area contributed by atoms with E-state index >= 15 is 0 Å². The lowest BCUT2D eigenvalue weighted by atomic mass is 10.1. The second-order valence-electron chi connectivity index (χ2n) is 3.35. The van der Waals surface area contributed by atoms with Crippen LogP contribution in [0.4, 0.5) is 0 Å². The molecule has 70 valence electrons. The van der Waals surface area contributed by atoms with Gasteiger partial charge in [0.05, 0.1) is 12.1 Å². The highest BCUT2D eigenvalue weighted by Gasteiger charge is 2.26. The Morgan fingerprint density at radius 3 is 2.69 bits per heavy atom. The molecule has 2 N–H and O–H groups in total. The Hall–Kier alpha value is -1.00. The van der Waals surface area contributed by atoms with Crippen LogP contribution in [-0.4, -0.2) is 27.7 Å². The predicted molar refractivity (Wildman–Crippen MR) is 48.1 cm³/mol. The van der Waals surface area contributed by atoms with Crippen molar-refractivity contribution in [2.45, 2.75) is 25.5 Å². The summed E-state index contributed by atoms with van der Waals surface area (Å²) in [6.07, 6.45) is 4.05. The average Bonchev–Trinajstić information content (AvgIpc) is 2.53. The topological polar surface area (TPSA) is 58.0 Å². The summed E-state index contributed by atoms with van der Waals surface area (Å²) in [4.78, 5) is 8.19.